The van der Waals surface area contributed by atoms with Crippen LogP contribution in [0.5, 0.6) is 11.8 Å². The standard InChI is InChI=1S/C14H22N4O3/c1-4-14(6-5-7-15-9-14)12(19)18-13-16-10(20-2)8-11(17-13)21-3/h8,15H,4-7,9H2,1-3H3,(H,16,17,18,19). The lowest BCUT2D eigenvalue weighted by Gasteiger charge is -2.35. The first-order valence-corrected chi connectivity index (χ1v) is 7.13. The van der Waals surface area contributed by atoms with E-state index in [2.05, 4.69) is 20.6 Å². The van der Waals surface area contributed by atoms with E-state index < -0.39 is 5.41 Å². The molecule has 1 aromatic heterocycles. The maximum atomic E-state index is 12.6. The second-order valence-corrected chi connectivity index (χ2v) is 5.14. The molecular weight excluding hydrogens is 272 g/mol. The molecule has 2 heterocycles. The maximum Gasteiger partial charge on any atom is 0.236 e. The SMILES string of the molecule is CCC1(C(=O)Nc2nc(OC)cc(OC)n2)CCCNC1. The Morgan fingerprint density at radius 3 is 2.52 bits per heavy atom. The highest BCUT2D eigenvalue weighted by Gasteiger charge is 2.38. The molecule has 7 heteroatoms. The predicted molar refractivity (Wildman–Crippen MR) is 78.6 cm³/mol. The van der Waals surface area contributed by atoms with Crippen molar-refractivity contribution in [2.75, 3.05) is 32.6 Å². The zero-order valence-corrected chi connectivity index (χ0v) is 12.7. The fourth-order valence-electron chi connectivity index (χ4n) is 2.53. The van der Waals surface area contributed by atoms with Crippen LogP contribution in [0.4, 0.5) is 5.95 Å². The van der Waals surface area contributed by atoms with Gasteiger partial charge < -0.3 is 14.8 Å². The van der Waals surface area contributed by atoms with Crippen LogP contribution in [0.25, 0.3) is 0 Å². The number of nitrogens with zero attached hydrogens (tertiary/aromatic N) is 2. The average molecular weight is 294 g/mol. The van der Waals surface area contributed by atoms with Crippen molar-refractivity contribution >= 4 is 11.9 Å². The van der Waals surface area contributed by atoms with Crippen molar-refractivity contribution < 1.29 is 14.3 Å². The highest BCUT2D eigenvalue weighted by Crippen LogP contribution is 2.31. The Labute approximate surface area is 124 Å². The Balaban J connectivity index is 2.18. The van der Waals surface area contributed by atoms with E-state index in [-0.39, 0.29) is 11.9 Å². The van der Waals surface area contributed by atoms with Gasteiger partial charge >= 0.3 is 0 Å². The van der Waals surface area contributed by atoms with Crippen LogP contribution in [0.2, 0.25) is 0 Å². The van der Waals surface area contributed by atoms with Gasteiger partial charge in [-0.05, 0) is 25.8 Å². The van der Waals surface area contributed by atoms with Gasteiger partial charge in [-0.3, -0.25) is 10.1 Å². The van der Waals surface area contributed by atoms with Gasteiger partial charge in [0.2, 0.25) is 23.6 Å². The summed E-state index contributed by atoms with van der Waals surface area (Å²) >= 11 is 0. The van der Waals surface area contributed by atoms with Gasteiger partial charge in [-0.2, -0.15) is 9.97 Å². The molecule has 1 amide bonds. The molecule has 1 fully saturated rings. The molecule has 0 saturated carbocycles. The lowest BCUT2D eigenvalue weighted by atomic mass is 9.77. The zero-order chi connectivity index (χ0) is 15.3. The normalized spacial score (nSPS) is 21.7. The van der Waals surface area contributed by atoms with E-state index in [0.29, 0.717) is 18.3 Å². The van der Waals surface area contributed by atoms with Gasteiger partial charge in [-0.25, -0.2) is 0 Å². The number of ether oxygens (including phenoxy) is 2. The van der Waals surface area contributed by atoms with Gasteiger partial charge in [0.1, 0.15) is 0 Å². The molecule has 0 aromatic carbocycles. The minimum absolute atomic E-state index is 0.0625. The Morgan fingerprint density at radius 2 is 2.05 bits per heavy atom. The third kappa shape index (κ3) is 3.41. The molecule has 1 atom stereocenters. The lowest BCUT2D eigenvalue weighted by molar-refractivity contribution is -0.126. The van der Waals surface area contributed by atoms with Crippen LogP contribution in [0, 0.1) is 5.41 Å². The van der Waals surface area contributed by atoms with Crippen LogP contribution in [-0.2, 0) is 4.79 Å². The van der Waals surface area contributed by atoms with Crippen molar-refractivity contribution in [1.82, 2.24) is 15.3 Å². The number of amides is 1. The monoisotopic (exact) mass is 294 g/mol. The zero-order valence-electron chi connectivity index (χ0n) is 12.7. The number of carbonyl (C=O) groups excluding carboxylic acids is 1. The summed E-state index contributed by atoms with van der Waals surface area (Å²) in [5.41, 5.74) is -0.405. The van der Waals surface area contributed by atoms with Gasteiger partial charge in [0.25, 0.3) is 0 Å². The number of nitrogens with one attached hydrogen (secondary N) is 2. The number of hydrogen-bond donors (Lipinski definition) is 2. The van der Waals surface area contributed by atoms with Crippen molar-refractivity contribution in [3.8, 4) is 11.8 Å². The third-order valence-corrected chi connectivity index (χ3v) is 3.95. The Kier molecular flexibility index (Phi) is 4.95. The summed E-state index contributed by atoms with van der Waals surface area (Å²) in [6.07, 6.45) is 2.62. The largest absolute Gasteiger partial charge is 0.481 e. The number of aromatic nitrogens is 2. The van der Waals surface area contributed by atoms with Crippen molar-refractivity contribution in [3.05, 3.63) is 6.07 Å². The molecule has 1 aromatic rings. The Hall–Kier alpha value is -1.89. The highest BCUT2D eigenvalue weighted by molar-refractivity contribution is 5.94. The minimum Gasteiger partial charge on any atom is -0.481 e. The summed E-state index contributed by atoms with van der Waals surface area (Å²) in [7, 11) is 3.01. The summed E-state index contributed by atoms with van der Waals surface area (Å²) in [5.74, 6) is 0.844. The third-order valence-electron chi connectivity index (χ3n) is 3.95. The predicted octanol–water partition coefficient (Wildman–Crippen LogP) is 1.21. The number of rotatable bonds is 5. The lowest BCUT2D eigenvalue weighted by Crippen LogP contribution is -2.47. The number of piperidine rings is 1. The molecular formula is C14H22N4O3. The molecule has 0 spiro atoms. The van der Waals surface area contributed by atoms with Gasteiger partial charge in [-0.15, -0.1) is 0 Å². The first-order valence-electron chi connectivity index (χ1n) is 7.13. The van der Waals surface area contributed by atoms with E-state index >= 15 is 0 Å². The van der Waals surface area contributed by atoms with Crippen molar-refractivity contribution in [1.29, 1.82) is 0 Å². The summed E-state index contributed by atoms with van der Waals surface area (Å²) < 4.78 is 10.2. The van der Waals surface area contributed by atoms with Crippen LogP contribution in [-0.4, -0.2) is 43.2 Å². The van der Waals surface area contributed by atoms with Gasteiger partial charge in [0.05, 0.1) is 25.7 Å². The van der Waals surface area contributed by atoms with Gasteiger partial charge in [0.15, 0.2) is 0 Å². The van der Waals surface area contributed by atoms with Crippen LogP contribution >= 0.6 is 0 Å². The topological polar surface area (TPSA) is 85.4 Å². The van der Waals surface area contributed by atoms with E-state index in [4.69, 9.17) is 9.47 Å². The van der Waals surface area contributed by atoms with Gasteiger partial charge in [-0.1, -0.05) is 6.92 Å². The number of carbonyl (C=O) groups is 1. The summed E-state index contributed by atoms with van der Waals surface area (Å²) in [6, 6.07) is 1.56. The smallest absolute Gasteiger partial charge is 0.236 e. The first kappa shape index (κ1) is 15.5. The van der Waals surface area contributed by atoms with Crippen molar-refractivity contribution in [2.24, 2.45) is 5.41 Å². The molecule has 0 aliphatic carbocycles. The molecule has 21 heavy (non-hydrogen) atoms. The highest BCUT2D eigenvalue weighted by atomic mass is 16.5. The molecule has 0 bridgehead atoms. The average Bonchev–Trinajstić information content (AvgIpc) is 2.54. The van der Waals surface area contributed by atoms with Crippen LogP contribution in [0.15, 0.2) is 6.07 Å². The van der Waals surface area contributed by atoms with Crippen molar-refractivity contribution in [3.63, 3.8) is 0 Å². The minimum atomic E-state index is -0.405. The summed E-state index contributed by atoms with van der Waals surface area (Å²) in [4.78, 5) is 20.9. The van der Waals surface area contributed by atoms with E-state index in [1.807, 2.05) is 6.92 Å². The molecule has 2 rings (SSSR count). The fourth-order valence-corrected chi connectivity index (χ4v) is 2.53. The quantitative estimate of drug-likeness (QED) is 0.849. The van der Waals surface area contributed by atoms with Crippen LogP contribution < -0.4 is 20.1 Å². The van der Waals surface area contributed by atoms with Crippen LogP contribution in [0.1, 0.15) is 26.2 Å². The van der Waals surface area contributed by atoms with E-state index in [0.717, 1.165) is 25.8 Å². The molecule has 1 aliphatic rings. The molecule has 1 aliphatic heterocycles. The molecule has 7 nitrogen and oxygen atoms in total. The molecule has 1 saturated heterocycles. The summed E-state index contributed by atoms with van der Waals surface area (Å²) in [6.45, 7) is 3.66. The molecule has 116 valence electrons. The molecule has 0 radical (unpaired) electrons. The number of hydrogen-bond acceptors (Lipinski definition) is 6. The van der Waals surface area contributed by atoms with Gasteiger partial charge in [0, 0.05) is 6.54 Å². The van der Waals surface area contributed by atoms with E-state index in [1.165, 1.54) is 14.2 Å². The summed E-state index contributed by atoms with van der Waals surface area (Å²) in [5, 5.41) is 6.08. The number of methoxy groups -OCH3 is 2. The molecule has 2 N–H and O–H groups in total. The number of anilines is 1. The fraction of sp³-hybridized carbons (Fsp3) is 0.643. The van der Waals surface area contributed by atoms with Crippen molar-refractivity contribution in [2.45, 2.75) is 26.2 Å². The second-order valence-electron chi connectivity index (χ2n) is 5.14. The maximum absolute atomic E-state index is 12.6. The Bertz CT molecular complexity index is 479. The Morgan fingerprint density at radius 1 is 1.38 bits per heavy atom. The first-order chi connectivity index (χ1) is 10.1. The molecule has 1 unspecified atom stereocenters. The van der Waals surface area contributed by atoms with E-state index in [1.54, 1.807) is 6.07 Å². The van der Waals surface area contributed by atoms with Crippen LogP contribution in [0.3, 0.4) is 0 Å². The van der Waals surface area contributed by atoms with E-state index in [9.17, 15) is 4.79 Å². The second kappa shape index (κ2) is 6.71.